The van der Waals surface area contributed by atoms with Crippen molar-refractivity contribution in [2.75, 3.05) is 0 Å². The van der Waals surface area contributed by atoms with E-state index < -0.39 is 0 Å². The maximum absolute atomic E-state index is 11.8. The molecule has 1 heterocycles. The highest BCUT2D eigenvalue weighted by Crippen LogP contribution is 2.23. The maximum atomic E-state index is 11.8. The highest BCUT2D eigenvalue weighted by molar-refractivity contribution is 7.14. The van der Waals surface area contributed by atoms with Crippen molar-refractivity contribution in [2.45, 2.75) is 47.5 Å². The molecule has 0 N–H and O–H groups in total. The highest BCUT2D eigenvalue weighted by Gasteiger charge is 2.12. The zero-order valence-electron chi connectivity index (χ0n) is 11.3. The Morgan fingerprint density at radius 1 is 1.41 bits per heavy atom. The van der Waals surface area contributed by atoms with E-state index in [0.717, 1.165) is 21.7 Å². The van der Waals surface area contributed by atoms with Crippen LogP contribution in [0.1, 0.15) is 60.6 Å². The van der Waals surface area contributed by atoms with Gasteiger partial charge in [0.05, 0.1) is 9.75 Å². The van der Waals surface area contributed by atoms with E-state index in [1.54, 1.807) is 0 Å². The fraction of sp³-hybridized carbons (Fsp3) is 0.533. The Bertz CT molecular complexity index is 463. The summed E-state index contributed by atoms with van der Waals surface area (Å²) in [6.07, 6.45) is 1.53. The molecule has 92 valence electrons. The van der Waals surface area contributed by atoms with Gasteiger partial charge in [0.25, 0.3) is 0 Å². The zero-order chi connectivity index (χ0) is 13.1. The minimum Gasteiger partial charge on any atom is -0.293 e. The molecule has 1 rings (SSSR count). The molecule has 0 aliphatic carbocycles. The molecule has 0 unspecified atom stereocenters. The molecule has 1 nitrogen and oxygen atoms in total. The van der Waals surface area contributed by atoms with Gasteiger partial charge in [-0.05, 0) is 45.7 Å². The first kappa shape index (κ1) is 14.0. The number of thiophene rings is 1. The van der Waals surface area contributed by atoms with Crippen molar-refractivity contribution in [3.8, 4) is 11.8 Å². The Balaban J connectivity index is 2.95. The van der Waals surface area contributed by atoms with E-state index in [1.807, 2.05) is 19.9 Å². The first-order valence-corrected chi connectivity index (χ1v) is 6.82. The average molecular weight is 248 g/mol. The molecule has 0 aliphatic rings. The molecule has 0 bridgehead atoms. The predicted molar refractivity (Wildman–Crippen MR) is 74.6 cm³/mol. The number of ketones is 1. The molecule has 0 atom stereocenters. The van der Waals surface area contributed by atoms with Crippen molar-refractivity contribution < 1.29 is 4.79 Å². The van der Waals surface area contributed by atoms with Gasteiger partial charge in [-0.2, -0.15) is 0 Å². The lowest BCUT2D eigenvalue weighted by molar-refractivity contribution is 0.0985. The number of aryl methyl sites for hydroxylation is 1. The molecular weight excluding hydrogens is 228 g/mol. The Morgan fingerprint density at radius 3 is 2.59 bits per heavy atom. The topological polar surface area (TPSA) is 17.1 Å². The average Bonchev–Trinajstić information content (AvgIpc) is 2.56. The molecule has 0 radical (unpaired) electrons. The molecule has 1 aromatic heterocycles. The highest BCUT2D eigenvalue weighted by atomic mass is 32.1. The van der Waals surface area contributed by atoms with Gasteiger partial charge in [-0.3, -0.25) is 4.79 Å². The predicted octanol–water partition coefficient (Wildman–Crippen LogP) is 4.44. The minimum atomic E-state index is 0.00544. The zero-order valence-corrected chi connectivity index (χ0v) is 12.1. The SMILES string of the molecule is CCCC(=O)c1sc(C#CC(C)(C)C)cc1C. The van der Waals surface area contributed by atoms with E-state index in [4.69, 9.17) is 0 Å². The van der Waals surface area contributed by atoms with Crippen molar-refractivity contribution >= 4 is 17.1 Å². The molecule has 0 saturated carbocycles. The van der Waals surface area contributed by atoms with Crippen LogP contribution in [0.25, 0.3) is 0 Å². The monoisotopic (exact) mass is 248 g/mol. The smallest absolute Gasteiger partial charge is 0.173 e. The summed E-state index contributed by atoms with van der Waals surface area (Å²) in [5, 5.41) is 0. The molecular formula is C15H20OS. The van der Waals surface area contributed by atoms with Crippen LogP contribution in [0.4, 0.5) is 0 Å². The van der Waals surface area contributed by atoms with E-state index in [2.05, 4.69) is 32.6 Å². The molecule has 17 heavy (non-hydrogen) atoms. The first-order chi connectivity index (χ1) is 7.83. The van der Waals surface area contributed by atoms with E-state index in [-0.39, 0.29) is 11.2 Å². The second-order valence-electron chi connectivity index (χ2n) is 5.30. The van der Waals surface area contributed by atoms with Crippen LogP contribution in [0.2, 0.25) is 0 Å². The van der Waals surface area contributed by atoms with E-state index in [9.17, 15) is 4.79 Å². The lowest BCUT2D eigenvalue weighted by atomic mass is 9.98. The van der Waals surface area contributed by atoms with Crippen molar-refractivity contribution in [3.63, 3.8) is 0 Å². The van der Waals surface area contributed by atoms with Crippen LogP contribution in [-0.4, -0.2) is 5.78 Å². The second kappa shape index (κ2) is 5.51. The van der Waals surface area contributed by atoms with Gasteiger partial charge < -0.3 is 0 Å². The molecule has 0 saturated heterocycles. The number of Topliss-reactive ketones (excluding diaryl/α,β-unsaturated/α-hetero) is 1. The van der Waals surface area contributed by atoms with Crippen LogP contribution < -0.4 is 0 Å². The third-order valence-corrected chi connectivity index (χ3v) is 3.40. The van der Waals surface area contributed by atoms with Gasteiger partial charge in [-0.25, -0.2) is 0 Å². The molecule has 0 aliphatic heterocycles. The molecule has 1 aromatic rings. The van der Waals surface area contributed by atoms with E-state index >= 15 is 0 Å². The third kappa shape index (κ3) is 4.36. The van der Waals surface area contributed by atoms with Gasteiger partial charge in [0.2, 0.25) is 0 Å². The van der Waals surface area contributed by atoms with Crippen LogP contribution in [0.5, 0.6) is 0 Å². The van der Waals surface area contributed by atoms with Crippen molar-refractivity contribution in [1.82, 2.24) is 0 Å². The number of hydrogen-bond donors (Lipinski definition) is 0. The second-order valence-corrected chi connectivity index (χ2v) is 6.35. The Labute approximate surface area is 108 Å². The van der Waals surface area contributed by atoms with Gasteiger partial charge in [0.15, 0.2) is 5.78 Å². The Kier molecular flexibility index (Phi) is 4.54. The van der Waals surface area contributed by atoms with Crippen molar-refractivity contribution in [2.24, 2.45) is 5.41 Å². The fourth-order valence-corrected chi connectivity index (χ4v) is 2.40. The van der Waals surface area contributed by atoms with E-state index in [1.165, 1.54) is 11.3 Å². The number of hydrogen-bond acceptors (Lipinski definition) is 2. The van der Waals surface area contributed by atoms with Gasteiger partial charge in [-0.15, -0.1) is 11.3 Å². The van der Waals surface area contributed by atoms with Crippen molar-refractivity contribution in [3.05, 3.63) is 21.4 Å². The van der Waals surface area contributed by atoms with Crippen LogP contribution in [0.15, 0.2) is 6.07 Å². The molecule has 0 spiro atoms. The number of rotatable bonds is 3. The van der Waals surface area contributed by atoms with Crippen molar-refractivity contribution in [1.29, 1.82) is 0 Å². The van der Waals surface area contributed by atoms with E-state index in [0.29, 0.717) is 6.42 Å². The summed E-state index contributed by atoms with van der Waals surface area (Å²) >= 11 is 1.53. The number of carbonyl (C=O) groups is 1. The standard InChI is InChI=1S/C15H20OS/c1-6-7-13(16)14-11(2)10-12(17-14)8-9-15(3,4)5/h10H,6-7H2,1-5H3. The molecule has 0 aromatic carbocycles. The Morgan fingerprint density at radius 2 is 2.06 bits per heavy atom. The first-order valence-electron chi connectivity index (χ1n) is 6.00. The molecule has 0 fully saturated rings. The quantitative estimate of drug-likeness (QED) is 0.571. The van der Waals surface area contributed by atoms with Gasteiger partial charge in [0.1, 0.15) is 0 Å². The summed E-state index contributed by atoms with van der Waals surface area (Å²) < 4.78 is 0. The summed E-state index contributed by atoms with van der Waals surface area (Å²) in [5.74, 6) is 6.61. The normalized spacial score (nSPS) is 10.9. The summed E-state index contributed by atoms with van der Waals surface area (Å²) in [4.78, 5) is 13.7. The van der Waals surface area contributed by atoms with Gasteiger partial charge in [-0.1, -0.05) is 18.8 Å². The van der Waals surface area contributed by atoms with Crippen LogP contribution in [0.3, 0.4) is 0 Å². The summed E-state index contributed by atoms with van der Waals surface area (Å²) in [6.45, 7) is 10.3. The lowest BCUT2D eigenvalue weighted by Gasteiger charge is -2.06. The number of carbonyl (C=O) groups excluding carboxylic acids is 1. The fourth-order valence-electron chi connectivity index (χ4n) is 1.41. The lowest BCUT2D eigenvalue weighted by Crippen LogP contribution is -1.98. The Hall–Kier alpha value is -1.07. The summed E-state index contributed by atoms with van der Waals surface area (Å²) in [7, 11) is 0. The molecule has 2 heteroatoms. The van der Waals surface area contributed by atoms with Crippen LogP contribution in [-0.2, 0) is 0 Å². The summed E-state index contributed by atoms with van der Waals surface area (Å²) in [5.41, 5.74) is 1.07. The van der Waals surface area contributed by atoms with Crippen LogP contribution in [0, 0.1) is 24.2 Å². The van der Waals surface area contributed by atoms with Gasteiger partial charge >= 0.3 is 0 Å². The minimum absolute atomic E-state index is 0.00544. The molecule has 0 amide bonds. The van der Waals surface area contributed by atoms with Crippen LogP contribution >= 0.6 is 11.3 Å². The third-order valence-electron chi connectivity index (χ3n) is 2.21. The maximum Gasteiger partial charge on any atom is 0.173 e. The summed E-state index contributed by atoms with van der Waals surface area (Å²) in [6, 6.07) is 2.02. The van der Waals surface area contributed by atoms with Gasteiger partial charge in [0, 0.05) is 11.8 Å². The largest absolute Gasteiger partial charge is 0.293 e.